The highest BCUT2D eigenvalue weighted by atomic mass is 35.5. The van der Waals surface area contributed by atoms with Crippen LogP contribution in [0.5, 0.6) is 0 Å². The van der Waals surface area contributed by atoms with Gasteiger partial charge in [-0.05, 0) is 6.42 Å². The maximum Gasteiger partial charge on any atom is 0.0890 e. The molecule has 1 rings (SSSR count). The lowest BCUT2D eigenvalue weighted by molar-refractivity contribution is 0.290. The molecule has 0 aliphatic carbocycles. The molecule has 0 amide bonds. The molecule has 0 saturated carbocycles. The summed E-state index contributed by atoms with van der Waals surface area (Å²) >= 11 is 0. The van der Waals surface area contributed by atoms with Gasteiger partial charge in [0.2, 0.25) is 0 Å². The van der Waals surface area contributed by atoms with Crippen molar-refractivity contribution < 1.29 is 0 Å². The number of rotatable bonds is 9. The summed E-state index contributed by atoms with van der Waals surface area (Å²) in [7, 11) is 2.13. The number of nitrogens with zero attached hydrogens (tertiary/aromatic N) is 2. The van der Waals surface area contributed by atoms with Gasteiger partial charge >= 0.3 is 0 Å². The Kier molecular flexibility index (Phi) is 10.5. The molecule has 0 aromatic heterocycles. The fourth-order valence-corrected chi connectivity index (χ4v) is 2.18. The van der Waals surface area contributed by atoms with Gasteiger partial charge in [0.25, 0.3) is 0 Å². The van der Waals surface area contributed by atoms with Crippen LogP contribution in [-0.2, 0) is 0 Å². The van der Waals surface area contributed by atoms with E-state index in [1.54, 1.807) is 0 Å². The van der Waals surface area contributed by atoms with E-state index in [-0.39, 0.29) is 12.4 Å². The Morgan fingerprint density at radius 3 is 2.00 bits per heavy atom. The maximum absolute atomic E-state index is 2.40. The van der Waals surface area contributed by atoms with Crippen molar-refractivity contribution in [2.24, 2.45) is 0 Å². The van der Waals surface area contributed by atoms with Crippen molar-refractivity contribution in [1.29, 1.82) is 0 Å². The summed E-state index contributed by atoms with van der Waals surface area (Å²) in [6.45, 7) is 4.59. The number of halogens is 1. The molecule has 0 radical (unpaired) electrons. The highest BCUT2D eigenvalue weighted by molar-refractivity contribution is 5.85. The molecule has 0 unspecified atom stereocenters. The van der Waals surface area contributed by atoms with Crippen molar-refractivity contribution in [3.8, 4) is 0 Å². The first-order valence-corrected chi connectivity index (χ1v) is 6.95. The van der Waals surface area contributed by atoms with E-state index in [1.807, 2.05) is 0 Å². The zero-order valence-electron chi connectivity index (χ0n) is 11.5. The third-order valence-corrected chi connectivity index (χ3v) is 3.24. The fraction of sp³-hybridized carbons (Fsp3) is 0.857. The van der Waals surface area contributed by atoms with Gasteiger partial charge in [-0.15, -0.1) is 12.4 Å². The predicted octanol–water partition coefficient (Wildman–Crippen LogP) is 4.23. The molecule has 0 N–H and O–H groups in total. The SMILES string of the molecule is CCCCCCCCCCN1C=CN(C)C1.Cl. The van der Waals surface area contributed by atoms with Gasteiger partial charge < -0.3 is 9.80 Å². The number of unbranched alkanes of at least 4 members (excludes halogenated alkanes) is 7. The first kappa shape index (κ1) is 16.6. The minimum absolute atomic E-state index is 0. The minimum atomic E-state index is 0. The molecular weight excluding hydrogens is 232 g/mol. The van der Waals surface area contributed by atoms with Gasteiger partial charge in [0.15, 0.2) is 0 Å². The minimum Gasteiger partial charge on any atom is -0.362 e. The van der Waals surface area contributed by atoms with Crippen LogP contribution < -0.4 is 0 Å². The molecule has 1 aliphatic rings. The van der Waals surface area contributed by atoms with Crippen molar-refractivity contribution in [2.75, 3.05) is 20.3 Å². The average Bonchev–Trinajstić information content (AvgIpc) is 2.68. The van der Waals surface area contributed by atoms with Crippen LogP contribution in [-0.4, -0.2) is 30.1 Å². The molecule has 0 spiro atoms. The van der Waals surface area contributed by atoms with Gasteiger partial charge in [-0.1, -0.05) is 51.9 Å². The van der Waals surface area contributed by atoms with Crippen LogP contribution >= 0.6 is 12.4 Å². The molecular formula is C14H29ClN2. The van der Waals surface area contributed by atoms with Gasteiger partial charge in [-0.25, -0.2) is 0 Å². The first-order valence-electron chi connectivity index (χ1n) is 6.95. The first-order chi connectivity index (χ1) is 7.83. The van der Waals surface area contributed by atoms with Gasteiger partial charge in [0.1, 0.15) is 0 Å². The zero-order chi connectivity index (χ0) is 11.6. The molecule has 3 heteroatoms. The number of hydrogen-bond acceptors (Lipinski definition) is 2. The van der Waals surface area contributed by atoms with Crippen molar-refractivity contribution in [3.05, 3.63) is 12.4 Å². The fourth-order valence-electron chi connectivity index (χ4n) is 2.18. The van der Waals surface area contributed by atoms with Crippen molar-refractivity contribution in [3.63, 3.8) is 0 Å². The van der Waals surface area contributed by atoms with Crippen LogP contribution in [0.4, 0.5) is 0 Å². The van der Waals surface area contributed by atoms with E-state index in [1.165, 1.54) is 57.9 Å². The lowest BCUT2D eigenvalue weighted by Gasteiger charge is -2.17. The van der Waals surface area contributed by atoms with E-state index >= 15 is 0 Å². The zero-order valence-corrected chi connectivity index (χ0v) is 12.3. The molecule has 2 nitrogen and oxygen atoms in total. The summed E-state index contributed by atoms with van der Waals surface area (Å²) in [5.74, 6) is 0. The quantitative estimate of drug-likeness (QED) is 0.573. The number of hydrogen-bond donors (Lipinski definition) is 0. The highest BCUT2D eigenvalue weighted by Crippen LogP contribution is 2.10. The van der Waals surface area contributed by atoms with Crippen LogP contribution in [0.2, 0.25) is 0 Å². The molecule has 1 heterocycles. The van der Waals surface area contributed by atoms with E-state index in [9.17, 15) is 0 Å². The van der Waals surface area contributed by atoms with Gasteiger partial charge in [-0.2, -0.15) is 0 Å². The summed E-state index contributed by atoms with van der Waals surface area (Å²) in [4.78, 5) is 4.63. The van der Waals surface area contributed by atoms with E-state index in [2.05, 4.69) is 36.2 Å². The van der Waals surface area contributed by atoms with Crippen molar-refractivity contribution in [2.45, 2.75) is 58.3 Å². The molecule has 0 aromatic carbocycles. The van der Waals surface area contributed by atoms with Gasteiger partial charge in [0, 0.05) is 26.0 Å². The predicted molar refractivity (Wildman–Crippen MR) is 78.3 cm³/mol. The van der Waals surface area contributed by atoms with Crippen LogP contribution in [0.15, 0.2) is 12.4 Å². The molecule has 17 heavy (non-hydrogen) atoms. The second-order valence-electron chi connectivity index (χ2n) is 4.98. The Hall–Kier alpha value is -0.370. The van der Waals surface area contributed by atoms with Crippen molar-refractivity contribution in [1.82, 2.24) is 9.80 Å². The third kappa shape index (κ3) is 8.37. The van der Waals surface area contributed by atoms with Crippen LogP contribution in [0, 0.1) is 0 Å². The third-order valence-electron chi connectivity index (χ3n) is 3.24. The van der Waals surface area contributed by atoms with Gasteiger partial charge in [0.05, 0.1) is 6.67 Å². The van der Waals surface area contributed by atoms with E-state index in [4.69, 9.17) is 0 Å². The topological polar surface area (TPSA) is 6.48 Å². The smallest absolute Gasteiger partial charge is 0.0890 e. The molecule has 0 saturated heterocycles. The largest absolute Gasteiger partial charge is 0.362 e. The molecule has 102 valence electrons. The Labute approximate surface area is 113 Å². The lowest BCUT2D eigenvalue weighted by Crippen LogP contribution is -2.23. The maximum atomic E-state index is 2.40. The molecule has 1 aliphatic heterocycles. The normalized spacial score (nSPS) is 14.2. The molecule has 0 atom stereocenters. The van der Waals surface area contributed by atoms with Gasteiger partial charge in [-0.3, -0.25) is 0 Å². The van der Waals surface area contributed by atoms with Crippen LogP contribution in [0.1, 0.15) is 58.3 Å². The van der Waals surface area contributed by atoms with Crippen LogP contribution in [0.3, 0.4) is 0 Å². The molecule has 0 bridgehead atoms. The Bertz CT molecular complexity index is 195. The molecule has 0 fully saturated rings. The summed E-state index contributed by atoms with van der Waals surface area (Å²) in [6.07, 6.45) is 15.7. The summed E-state index contributed by atoms with van der Waals surface area (Å²) in [6, 6.07) is 0. The van der Waals surface area contributed by atoms with Crippen LogP contribution in [0.25, 0.3) is 0 Å². The van der Waals surface area contributed by atoms with Crippen molar-refractivity contribution >= 4 is 12.4 Å². The Balaban J connectivity index is 0.00000256. The second-order valence-corrected chi connectivity index (χ2v) is 4.98. The summed E-state index contributed by atoms with van der Waals surface area (Å²) in [5, 5.41) is 0. The monoisotopic (exact) mass is 260 g/mol. The van der Waals surface area contributed by atoms with E-state index in [0.717, 1.165) is 6.67 Å². The lowest BCUT2D eigenvalue weighted by atomic mass is 10.1. The summed E-state index contributed by atoms with van der Waals surface area (Å²) in [5.41, 5.74) is 0. The standard InChI is InChI=1S/C14H28N2.ClH/c1-3-4-5-6-7-8-9-10-11-16-13-12-15(2)14-16;/h12-13H,3-11,14H2,1-2H3;1H. The Morgan fingerprint density at radius 1 is 0.882 bits per heavy atom. The average molecular weight is 261 g/mol. The van der Waals surface area contributed by atoms with E-state index < -0.39 is 0 Å². The summed E-state index contributed by atoms with van der Waals surface area (Å²) < 4.78 is 0. The highest BCUT2D eigenvalue weighted by Gasteiger charge is 2.06. The molecule has 0 aromatic rings. The Morgan fingerprint density at radius 2 is 1.47 bits per heavy atom. The van der Waals surface area contributed by atoms with E-state index in [0.29, 0.717) is 0 Å². The second kappa shape index (κ2) is 10.8.